The number of benzene rings is 2. The predicted octanol–water partition coefficient (Wildman–Crippen LogP) is 4.15. The Morgan fingerprint density at radius 3 is 2.90 bits per heavy atom. The second-order valence-electron chi connectivity index (χ2n) is 8.14. The van der Waals surface area contributed by atoms with Crippen molar-refractivity contribution >= 4 is 16.7 Å². The Bertz CT molecular complexity index is 1260. The topological polar surface area (TPSA) is 77.2 Å². The lowest BCUT2D eigenvalue weighted by Crippen LogP contribution is -2.27. The molecule has 0 saturated carbocycles. The molecule has 6 heteroatoms. The first-order valence-corrected chi connectivity index (χ1v) is 10.5. The minimum Gasteiger partial charge on any atom is -0.470 e. The summed E-state index contributed by atoms with van der Waals surface area (Å²) >= 11 is 0. The molecule has 0 atom stereocenters. The molecule has 2 N–H and O–H groups in total. The van der Waals surface area contributed by atoms with Gasteiger partial charge < -0.3 is 15.4 Å². The molecule has 0 spiro atoms. The van der Waals surface area contributed by atoms with Gasteiger partial charge in [0, 0.05) is 35.8 Å². The number of fused-ring (bicyclic) bond motifs is 2. The fourth-order valence-corrected chi connectivity index (χ4v) is 4.26. The standard InChI is InChI=1S/C25H25N5O/c1-16-11-18(12-19-14-30(2)10-8-20(16)19)23-13-28-24(26)25(29-23)31-15-17-7-9-27-22-6-4-3-5-21(17)22/h3-7,9,11-13H,8,10,14-15H2,1-2H3,(H2,26,28). The fraction of sp³-hybridized carbons (Fsp3) is 0.240. The zero-order chi connectivity index (χ0) is 21.4. The molecule has 31 heavy (non-hydrogen) atoms. The van der Waals surface area contributed by atoms with Crippen molar-refractivity contribution in [3.05, 3.63) is 77.1 Å². The number of anilines is 1. The first-order valence-electron chi connectivity index (χ1n) is 10.5. The Labute approximate surface area is 181 Å². The Morgan fingerprint density at radius 1 is 1.13 bits per heavy atom. The van der Waals surface area contributed by atoms with Crippen molar-refractivity contribution in [2.45, 2.75) is 26.5 Å². The Morgan fingerprint density at radius 2 is 2.00 bits per heavy atom. The van der Waals surface area contributed by atoms with Gasteiger partial charge in [-0.05, 0) is 61.3 Å². The minimum atomic E-state index is 0.288. The van der Waals surface area contributed by atoms with Gasteiger partial charge in [-0.25, -0.2) is 9.97 Å². The maximum absolute atomic E-state index is 6.09. The highest BCUT2D eigenvalue weighted by Crippen LogP contribution is 2.30. The second kappa shape index (κ2) is 7.96. The van der Waals surface area contributed by atoms with Gasteiger partial charge in [-0.15, -0.1) is 0 Å². The van der Waals surface area contributed by atoms with Gasteiger partial charge in [0.15, 0.2) is 5.82 Å². The number of hydrogen-bond acceptors (Lipinski definition) is 6. The largest absolute Gasteiger partial charge is 0.470 e. The van der Waals surface area contributed by atoms with Gasteiger partial charge in [-0.1, -0.05) is 18.2 Å². The van der Waals surface area contributed by atoms with Crippen LogP contribution in [0.3, 0.4) is 0 Å². The molecule has 6 nitrogen and oxygen atoms in total. The third-order valence-electron chi connectivity index (χ3n) is 5.92. The molecule has 2 aromatic heterocycles. The molecule has 0 radical (unpaired) electrons. The number of rotatable bonds is 4. The highest BCUT2D eigenvalue weighted by atomic mass is 16.5. The second-order valence-corrected chi connectivity index (χ2v) is 8.14. The monoisotopic (exact) mass is 411 g/mol. The maximum atomic E-state index is 6.09. The van der Waals surface area contributed by atoms with Gasteiger partial charge >= 0.3 is 0 Å². The van der Waals surface area contributed by atoms with Crippen LogP contribution in [0.1, 0.15) is 22.3 Å². The number of para-hydroxylation sites is 1. The number of likely N-dealkylation sites (N-methyl/N-ethyl adjacent to an activating group) is 1. The molecule has 0 aliphatic carbocycles. The average Bonchev–Trinajstić information content (AvgIpc) is 2.78. The van der Waals surface area contributed by atoms with Crippen molar-refractivity contribution in [3.8, 4) is 17.1 Å². The van der Waals surface area contributed by atoms with E-state index in [4.69, 9.17) is 15.5 Å². The Hall–Kier alpha value is -3.51. The average molecular weight is 412 g/mol. The van der Waals surface area contributed by atoms with Crippen LogP contribution in [0.4, 0.5) is 5.82 Å². The summed E-state index contributed by atoms with van der Waals surface area (Å²) < 4.78 is 6.02. The third-order valence-corrected chi connectivity index (χ3v) is 5.92. The summed E-state index contributed by atoms with van der Waals surface area (Å²) in [5.74, 6) is 0.641. The SMILES string of the molecule is Cc1cc(-c2cnc(N)c(OCc3ccnc4ccccc34)n2)cc2c1CCN(C)C2. The Kier molecular flexibility index (Phi) is 5.00. The van der Waals surface area contributed by atoms with Crippen LogP contribution < -0.4 is 10.5 Å². The summed E-state index contributed by atoms with van der Waals surface area (Å²) in [5.41, 5.74) is 14.0. The number of nitrogens with two attached hydrogens (primary N) is 1. The smallest absolute Gasteiger partial charge is 0.258 e. The van der Waals surface area contributed by atoms with Crippen molar-refractivity contribution in [1.82, 2.24) is 19.9 Å². The third kappa shape index (κ3) is 3.82. The summed E-state index contributed by atoms with van der Waals surface area (Å²) in [6, 6.07) is 14.4. The molecule has 0 saturated heterocycles. The molecule has 5 rings (SSSR count). The van der Waals surface area contributed by atoms with Gasteiger partial charge in [0.05, 0.1) is 17.4 Å². The molecule has 2 aromatic carbocycles. The molecule has 0 unspecified atom stereocenters. The molecule has 0 fully saturated rings. The molecular weight excluding hydrogens is 386 g/mol. The van der Waals surface area contributed by atoms with Gasteiger partial charge in [0.1, 0.15) is 6.61 Å². The van der Waals surface area contributed by atoms with E-state index in [0.717, 1.165) is 47.2 Å². The Balaban J connectivity index is 1.45. The van der Waals surface area contributed by atoms with Crippen LogP contribution in [-0.4, -0.2) is 33.4 Å². The molecule has 0 amide bonds. The van der Waals surface area contributed by atoms with Crippen LogP contribution in [0.25, 0.3) is 22.2 Å². The lowest BCUT2D eigenvalue weighted by molar-refractivity contribution is 0.296. The van der Waals surface area contributed by atoms with E-state index in [0.29, 0.717) is 12.5 Å². The summed E-state index contributed by atoms with van der Waals surface area (Å²) in [6.45, 7) is 4.56. The van der Waals surface area contributed by atoms with Crippen LogP contribution >= 0.6 is 0 Å². The normalized spacial score (nSPS) is 13.9. The molecule has 1 aliphatic heterocycles. The molecule has 156 valence electrons. The number of nitrogens with zero attached hydrogens (tertiary/aromatic N) is 4. The molecule has 3 heterocycles. The molecule has 1 aliphatic rings. The van der Waals surface area contributed by atoms with Crippen molar-refractivity contribution in [2.24, 2.45) is 0 Å². The molecule has 0 bridgehead atoms. The van der Waals surface area contributed by atoms with Crippen molar-refractivity contribution in [2.75, 3.05) is 19.3 Å². The minimum absolute atomic E-state index is 0.288. The summed E-state index contributed by atoms with van der Waals surface area (Å²) in [4.78, 5) is 15.8. The van der Waals surface area contributed by atoms with E-state index in [1.54, 1.807) is 12.4 Å². The van der Waals surface area contributed by atoms with E-state index in [1.165, 1.54) is 16.7 Å². The van der Waals surface area contributed by atoms with Crippen LogP contribution in [-0.2, 0) is 19.6 Å². The van der Waals surface area contributed by atoms with Gasteiger partial charge in [-0.2, -0.15) is 0 Å². The molecular formula is C25H25N5O. The van der Waals surface area contributed by atoms with E-state index in [1.807, 2.05) is 30.3 Å². The van der Waals surface area contributed by atoms with E-state index in [9.17, 15) is 0 Å². The summed E-state index contributed by atoms with van der Waals surface area (Å²) in [7, 11) is 2.16. The number of pyridine rings is 1. The van der Waals surface area contributed by atoms with E-state index < -0.39 is 0 Å². The summed E-state index contributed by atoms with van der Waals surface area (Å²) in [5, 5.41) is 1.06. The van der Waals surface area contributed by atoms with E-state index in [2.05, 4.69) is 41.0 Å². The number of nitrogen functional groups attached to an aromatic ring is 1. The zero-order valence-corrected chi connectivity index (χ0v) is 17.8. The number of ether oxygens (including phenoxy) is 1. The van der Waals surface area contributed by atoms with Crippen LogP contribution in [0.5, 0.6) is 5.88 Å². The van der Waals surface area contributed by atoms with Gasteiger partial charge in [-0.3, -0.25) is 4.98 Å². The van der Waals surface area contributed by atoms with Crippen LogP contribution in [0, 0.1) is 6.92 Å². The number of aromatic nitrogens is 3. The van der Waals surface area contributed by atoms with Crippen LogP contribution in [0.15, 0.2) is 54.9 Å². The summed E-state index contributed by atoms with van der Waals surface area (Å²) in [6.07, 6.45) is 4.59. The predicted molar refractivity (Wildman–Crippen MR) is 123 cm³/mol. The number of aryl methyl sites for hydroxylation is 1. The first-order chi connectivity index (χ1) is 15.1. The number of hydrogen-bond donors (Lipinski definition) is 1. The highest BCUT2D eigenvalue weighted by Gasteiger charge is 2.18. The van der Waals surface area contributed by atoms with Crippen molar-refractivity contribution < 1.29 is 4.74 Å². The quantitative estimate of drug-likeness (QED) is 0.544. The van der Waals surface area contributed by atoms with E-state index >= 15 is 0 Å². The first kappa shape index (κ1) is 19.5. The molecule has 4 aromatic rings. The van der Waals surface area contributed by atoms with Crippen molar-refractivity contribution in [3.63, 3.8) is 0 Å². The van der Waals surface area contributed by atoms with Gasteiger partial charge in [0.2, 0.25) is 0 Å². The lowest BCUT2D eigenvalue weighted by Gasteiger charge is -2.27. The van der Waals surface area contributed by atoms with Crippen LogP contribution in [0.2, 0.25) is 0 Å². The maximum Gasteiger partial charge on any atom is 0.258 e. The fourth-order valence-electron chi connectivity index (χ4n) is 4.26. The van der Waals surface area contributed by atoms with Gasteiger partial charge in [0.25, 0.3) is 5.88 Å². The highest BCUT2D eigenvalue weighted by molar-refractivity contribution is 5.81. The van der Waals surface area contributed by atoms with E-state index in [-0.39, 0.29) is 5.82 Å². The van der Waals surface area contributed by atoms with Crippen molar-refractivity contribution in [1.29, 1.82) is 0 Å². The lowest BCUT2D eigenvalue weighted by atomic mass is 9.92. The zero-order valence-electron chi connectivity index (χ0n) is 17.8.